The van der Waals surface area contributed by atoms with Crippen molar-refractivity contribution < 1.29 is 18.7 Å². The van der Waals surface area contributed by atoms with Gasteiger partial charge in [0, 0.05) is 42.5 Å². The van der Waals surface area contributed by atoms with Gasteiger partial charge in [0.25, 0.3) is 0 Å². The van der Waals surface area contributed by atoms with Gasteiger partial charge in [0.15, 0.2) is 17.3 Å². The van der Waals surface area contributed by atoms with Gasteiger partial charge in [0.1, 0.15) is 5.75 Å². The number of fused-ring (bicyclic) bond motifs is 1. The van der Waals surface area contributed by atoms with Crippen molar-refractivity contribution in [2.24, 2.45) is 5.41 Å². The zero-order valence-corrected chi connectivity index (χ0v) is 24.2. The van der Waals surface area contributed by atoms with E-state index in [1.165, 1.54) is 6.07 Å². The lowest BCUT2D eigenvalue weighted by atomic mass is 9.73. The zero-order chi connectivity index (χ0) is 30.0. The minimum atomic E-state index is -0.660. The molecule has 1 aromatic heterocycles. The summed E-state index contributed by atoms with van der Waals surface area (Å²) in [7, 11) is 0. The third-order valence-corrected chi connectivity index (χ3v) is 7.83. The van der Waals surface area contributed by atoms with Crippen LogP contribution in [0.5, 0.6) is 11.5 Å². The van der Waals surface area contributed by atoms with Crippen LogP contribution in [0.4, 0.5) is 15.8 Å². The minimum Gasteiger partial charge on any atom is -0.454 e. The third kappa shape index (κ3) is 6.16. The summed E-state index contributed by atoms with van der Waals surface area (Å²) in [6, 6.07) is 20.7. The number of hydrogen-bond acceptors (Lipinski definition) is 6. The molecule has 6 rings (SSSR count). The van der Waals surface area contributed by atoms with Crippen LogP contribution in [0.1, 0.15) is 44.0 Å². The van der Waals surface area contributed by atoms with Crippen molar-refractivity contribution >= 4 is 23.1 Å². The predicted octanol–water partition coefficient (Wildman–Crippen LogP) is 6.32. The normalized spacial score (nSPS) is 17.4. The molecule has 1 aliphatic heterocycles. The number of H-pyrrole nitrogens is 1. The van der Waals surface area contributed by atoms with Crippen LogP contribution in [0.3, 0.4) is 0 Å². The number of aromatic amines is 1. The minimum absolute atomic E-state index is 0.00365. The molecule has 0 fully saturated rings. The van der Waals surface area contributed by atoms with Gasteiger partial charge in [-0.05, 0) is 53.8 Å². The monoisotopic (exact) mass is 579 g/mol. The van der Waals surface area contributed by atoms with Gasteiger partial charge in [-0.2, -0.15) is 0 Å². The molecule has 0 spiro atoms. The van der Waals surface area contributed by atoms with Crippen LogP contribution in [0.2, 0.25) is 0 Å². The second kappa shape index (κ2) is 11.8. The number of Topliss-reactive ketones (excluding diaryl/α,β-unsaturated/α-hetero) is 1. The van der Waals surface area contributed by atoms with Crippen LogP contribution >= 0.6 is 0 Å². The van der Waals surface area contributed by atoms with Gasteiger partial charge in [-0.3, -0.25) is 9.59 Å². The summed E-state index contributed by atoms with van der Waals surface area (Å²) < 4.78 is 21.1. The Bertz CT molecular complexity index is 1670. The summed E-state index contributed by atoms with van der Waals surface area (Å²) in [6.45, 7) is 4.56. The maximum absolute atomic E-state index is 15.1. The number of nitrogens with one attached hydrogen (secondary N) is 3. The summed E-state index contributed by atoms with van der Waals surface area (Å²) in [4.78, 5) is 36.4. The lowest BCUT2D eigenvalue weighted by Crippen LogP contribution is -2.42. The number of hydrogen-bond donors (Lipinski definition) is 3. The number of amides is 1. The third-order valence-electron chi connectivity index (χ3n) is 7.83. The average Bonchev–Trinajstić information content (AvgIpc) is 3.45. The Morgan fingerprint density at radius 1 is 1.09 bits per heavy atom. The first-order valence-corrected chi connectivity index (χ1v) is 14.4. The molecule has 4 aromatic rings. The summed E-state index contributed by atoms with van der Waals surface area (Å²) in [6.07, 6.45) is 4.95. The van der Waals surface area contributed by atoms with Crippen LogP contribution in [-0.4, -0.2) is 34.7 Å². The van der Waals surface area contributed by atoms with Gasteiger partial charge >= 0.3 is 0 Å². The van der Waals surface area contributed by atoms with Crippen LogP contribution < -0.4 is 20.3 Å². The Balaban J connectivity index is 1.42. The van der Waals surface area contributed by atoms with Crippen molar-refractivity contribution in [2.75, 3.05) is 23.3 Å². The number of para-hydroxylation sites is 3. The zero-order valence-electron chi connectivity index (χ0n) is 24.2. The molecule has 9 heteroatoms. The molecule has 0 saturated heterocycles. The molecule has 8 nitrogen and oxygen atoms in total. The number of rotatable bonds is 8. The Labute approximate surface area is 250 Å². The van der Waals surface area contributed by atoms with Crippen LogP contribution in [-0.2, 0) is 16.0 Å². The highest BCUT2D eigenvalue weighted by Crippen LogP contribution is 2.48. The number of carbonyl (C=O) groups is 2. The smallest absolute Gasteiger partial charge is 0.239 e. The lowest BCUT2D eigenvalue weighted by molar-refractivity contribution is -0.120. The average molecular weight is 580 g/mol. The van der Waals surface area contributed by atoms with Gasteiger partial charge in [0.2, 0.25) is 5.91 Å². The first-order valence-electron chi connectivity index (χ1n) is 14.4. The summed E-state index contributed by atoms with van der Waals surface area (Å²) in [5.41, 5.74) is 4.30. The molecule has 1 atom stereocenters. The molecular formula is C34H34FN5O3. The first kappa shape index (κ1) is 28.2. The number of aromatic nitrogens is 2. The van der Waals surface area contributed by atoms with Crippen molar-refractivity contribution in [3.05, 3.63) is 114 Å². The Kier molecular flexibility index (Phi) is 7.71. The maximum Gasteiger partial charge on any atom is 0.239 e. The highest BCUT2D eigenvalue weighted by atomic mass is 19.1. The van der Waals surface area contributed by atoms with Gasteiger partial charge in [-0.1, -0.05) is 50.2 Å². The van der Waals surface area contributed by atoms with Gasteiger partial charge in [-0.15, -0.1) is 0 Å². The van der Waals surface area contributed by atoms with E-state index in [-0.39, 0.29) is 29.4 Å². The van der Waals surface area contributed by atoms with E-state index in [9.17, 15) is 9.59 Å². The largest absolute Gasteiger partial charge is 0.454 e. The van der Waals surface area contributed by atoms with E-state index < -0.39 is 11.9 Å². The number of benzene rings is 3. The molecule has 0 radical (unpaired) electrons. The topological polar surface area (TPSA) is 99.4 Å². The fourth-order valence-corrected chi connectivity index (χ4v) is 5.93. The van der Waals surface area contributed by atoms with E-state index in [2.05, 4.69) is 34.4 Å². The summed E-state index contributed by atoms with van der Waals surface area (Å²) >= 11 is 0. The maximum atomic E-state index is 15.1. The number of ketones is 1. The summed E-state index contributed by atoms with van der Waals surface area (Å²) in [5, 5.41) is 6.55. The van der Waals surface area contributed by atoms with Crippen molar-refractivity contribution in [2.45, 2.75) is 39.2 Å². The first-order chi connectivity index (χ1) is 20.8. The number of imidazole rings is 1. The highest BCUT2D eigenvalue weighted by Gasteiger charge is 2.42. The summed E-state index contributed by atoms with van der Waals surface area (Å²) in [5.74, 6) is -0.182. The Morgan fingerprint density at radius 3 is 2.67 bits per heavy atom. The molecule has 3 N–H and O–H groups in total. The van der Waals surface area contributed by atoms with E-state index in [0.29, 0.717) is 42.7 Å². The molecule has 3 aromatic carbocycles. The number of halogens is 1. The van der Waals surface area contributed by atoms with E-state index in [4.69, 9.17) is 4.74 Å². The number of allylic oxidation sites excluding steroid dienone is 1. The molecule has 220 valence electrons. The molecule has 0 saturated carbocycles. The fourth-order valence-electron chi connectivity index (χ4n) is 5.93. The van der Waals surface area contributed by atoms with Gasteiger partial charge in [-0.25, -0.2) is 9.37 Å². The lowest BCUT2D eigenvalue weighted by Gasteiger charge is -2.38. The van der Waals surface area contributed by atoms with Crippen LogP contribution in [0.15, 0.2) is 96.6 Å². The van der Waals surface area contributed by atoms with Gasteiger partial charge in [0.05, 0.1) is 30.3 Å². The fraction of sp³-hybridized carbons (Fsp3) is 0.265. The van der Waals surface area contributed by atoms with E-state index in [0.717, 1.165) is 22.8 Å². The molecule has 1 amide bonds. The molecule has 2 heterocycles. The molecule has 1 unspecified atom stereocenters. The predicted molar refractivity (Wildman–Crippen MR) is 163 cm³/mol. The number of anilines is 2. The Hall–Kier alpha value is -4.92. The van der Waals surface area contributed by atoms with Crippen molar-refractivity contribution in [1.29, 1.82) is 0 Å². The van der Waals surface area contributed by atoms with E-state index >= 15 is 4.39 Å². The van der Waals surface area contributed by atoms with Crippen molar-refractivity contribution in [3.8, 4) is 11.5 Å². The molecule has 2 aliphatic rings. The van der Waals surface area contributed by atoms with Crippen LogP contribution in [0.25, 0.3) is 0 Å². The number of nitrogens with zero attached hydrogens (tertiary/aromatic N) is 2. The van der Waals surface area contributed by atoms with Crippen molar-refractivity contribution in [1.82, 2.24) is 15.3 Å². The van der Waals surface area contributed by atoms with Crippen molar-refractivity contribution in [3.63, 3.8) is 0 Å². The standard InChI is InChI=1S/C34H34FN5O3/c1-34(2)17-27-32(29(41)18-34)33(22-12-13-25(35)30(16-22)43-24-8-4-3-5-9-24)40(28-11-7-6-10-26(28)39-27)20-31(42)37-15-14-23-19-36-21-38-23/h3-13,16,19,21,33,39H,14-15,17-18,20H2,1-2H3,(H,36,38)(H,37,42). The second-order valence-electron chi connectivity index (χ2n) is 11.8. The van der Waals surface area contributed by atoms with E-state index in [1.54, 1.807) is 36.8 Å². The number of ether oxygens (including phenoxy) is 1. The highest BCUT2D eigenvalue weighted by molar-refractivity contribution is 6.02. The molecular weight excluding hydrogens is 545 g/mol. The quantitative estimate of drug-likeness (QED) is 0.226. The molecule has 43 heavy (non-hydrogen) atoms. The Morgan fingerprint density at radius 2 is 1.88 bits per heavy atom. The molecule has 0 bridgehead atoms. The van der Waals surface area contributed by atoms with Gasteiger partial charge < -0.3 is 25.3 Å². The second-order valence-corrected chi connectivity index (χ2v) is 11.8. The van der Waals surface area contributed by atoms with E-state index in [1.807, 2.05) is 47.4 Å². The van der Waals surface area contributed by atoms with Crippen LogP contribution in [0, 0.1) is 11.2 Å². The SMILES string of the molecule is CC1(C)CC(=O)C2=C(C1)Nc1ccccc1N(CC(=O)NCCc1cnc[nH]1)C2c1ccc(F)c(Oc2ccccc2)c1. The number of carbonyl (C=O) groups excluding carboxylic acids is 2. The molecule has 1 aliphatic carbocycles.